The molecule has 0 N–H and O–H groups in total. The van der Waals surface area contributed by atoms with Crippen LogP contribution in [0.2, 0.25) is 0 Å². The molecule has 4 nitrogen and oxygen atoms in total. The average Bonchev–Trinajstić information content (AvgIpc) is 2.97. The number of pyridine rings is 2. The zero-order valence-corrected chi connectivity index (χ0v) is 16.9. The summed E-state index contributed by atoms with van der Waals surface area (Å²) < 4.78 is 12.8. The SMILES string of the molecule is CC1(C)OB(c2ccccc2)OC1(C)Cc1ccc2ccc3cccnc3c2n1. The van der Waals surface area contributed by atoms with Gasteiger partial charge in [0.25, 0.3) is 0 Å². The quantitative estimate of drug-likeness (QED) is 0.391. The molecular weight excluding hydrogens is 359 g/mol. The first kappa shape index (κ1) is 18.3. The molecule has 29 heavy (non-hydrogen) atoms. The summed E-state index contributed by atoms with van der Waals surface area (Å²) in [5.74, 6) is 0. The molecule has 5 rings (SSSR count). The van der Waals surface area contributed by atoms with Crippen LogP contribution in [0.3, 0.4) is 0 Å². The van der Waals surface area contributed by atoms with Crippen LogP contribution in [-0.4, -0.2) is 28.3 Å². The fourth-order valence-corrected chi connectivity index (χ4v) is 4.00. The highest BCUT2D eigenvalue weighted by molar-refractivity contribution is 6.62. The standard InChI is InChI=1S/C24H23BN2O2/c1-23(2)24(3,29-25(28-23)19-9-5-4-6-10-19)16-20-14-13-18-12-11-17-8-7-15-26-21(17)22(18)27-20/h4-15H,16H2,1-3H3. The molecule has 5 heteroatoms. The van der Waals surface area contributed by atoms with Crippen molar-refractivity contribution in [2.75, 3.05) is 0 Å². The van der Waals surface area contributed by atoms with E-state index in [4.69, 9.17) is 14.3 Å². The van der Waals surface area contributed by atoms with Crippen LogP contribution in [0.4, 0.5) is 0 Å². The molecule has 144 valence electrons. The molecule has 1 atom stereocenters. The van der Waals surface area contributed by atoms with E-state index in [0.29, 0.717) is 6.42 Å². The van der Waals surface area contributed by atoms with E-state index in [1.807, 2.05) is 42.6 Å². The molecule has 3 heterocycles. The molecule has 2 aromatic carbocycles. The Morgan fingerprint density at radius 2 is 1.52 bits per heavy atom. The maximum atomic E-state index is 6.48. The Kier molecular flexibility index (Phi) is 4.19. The molecule has 1 saturated heterocycles. The lowest BCUT2D eigenvalue weighted by Gasteiger charge is -2.36. The first-order valence-corrected chi connectivity index (χ1v) is 9.99. The third-order valence-electron chi connectivity index (χ3n) is 6.12. The highest BCUT2D eigenvalue weighted by atomic mass is 16.7. The number of aromatic nitrogens is 2. The number of hydrogen-bond acceptors (Lipinski definition) is 4. The first-order chi connectivity index (χ1) is 14.0. The van der Waals surface area contributed by atoms with Crippen LogP contribution >= 0.6 is 0 Å². The maximum Gasteiger partial charge on any atom is 0.494 e. The van der Waals surface area contributed by atoms with Crippen LogP contribution in [0, 0.1) is 0 Å². The summed E-state index contributed by atoms with van der Waals surface area (Å²) in [6, 6.07) is 22.5. The van der Waals surface area contributed by atoms with E-state index in [9.17, 15) is 0 Å². The molecular formula is C24H23BN2O2. The van der Waals surface area contributed by atoms with Gasteiger partial charge in [0.15, 0.2) is 0 Å². The molecule has 4 aromatic rings. The highest BCUT2D eigenvalue weighted by Gasteiger charge is 2.54. The zero-order valence-electron chi connectivity index (χ0n) is 16.9. The van der Waals surface area contributed by atoms with E-state index in [1.54, 1.807) is 0 Å². The Morgan fingerprint density at radius 3 is 2.31 bits per heavy atom. The second-order valence-corrected chi connectivity index (χ2v) is 8.41. The van der Waals surface area contributed by atoms with Gasteiger partial charge < -0.3 is 9.31 Å². The Bertz CT molecular complexity index is 1200. The minimum absolute atomic E-state index is 0.376. The molecule has 1 aliphatic rings. The summed E-state index contributed by atoms with van der Waals surface area (Å²) in [7, 11) is -0.376. The fourth-order valence-electron chi connectivity index (χ4n) is 4.00. The highest BCUT2D eigenvalue weighted by Crippen LogP contribution is 2.39. The topological polar surface area (TPSA) is 44.2 Å². The average molecular weight is 382 g/mol. The van der Waals surface area contributed by atoms with E-state index >= 15 is 0 Å². The lowest BCUT2D eigenvalue weighted by molar-refractivity contribution is -0.00939. The second-order valence-electron chi connectivity index (χ2n) is 8.41. The van der Waals surface area contributed by atoms with Gasteiger partial charge >= 0.3 is 7.12 Å². The molecule has 0 spiro atoms. The summed E-state index contributed by atoms with van der Waals surface area (Å²) in [5, 5.41) is 2.19. The van der Waals surface area contributed by atoms with Crippen molar-refractivity contribution in [1.29, 1.82) is 0 Å². The van der Waals surface area contributed by atoms with Crippen molar-refractivity contribution in [3.63, 3.8) is 0 Å². The van der Waals surface area contributed by atoms with Gasteiger partial charge in [-0.2, -0.15) is 0 Å². The number of hydrogen-bond donors (Lipinski definition) is 0. The smallest absolute Gasteiger partial charge is 0.399 e. The minimum atomic E-state index is -0.508. The van der Waals surface area contributed by atoms with Crippen LogP contribution in [0.5, 0.6) is 0 Å². The largest absolute Gasteiger partial charge is 0.494 e. The Balaban J connectivity index is 1.51. The van der Waals surface area contributed by atoms with Gasteiger partial charge in [0.1, 0.15) is 0 Å². The van der Waals surface area contributed by atoms with Gasteiger partial charge in [-0.1, -0.05) is 54.6 Å². The third kappa shape index (κ3) is 3.11. The molecule has 2 aromatic heterocycles. The van der Waals surface area contributed by atoms with Gasteiger partial charge in [0.05, 0.1) is 22.2 Å². The van der Waals surface area contributed by atoms with E-state index < -0.39 is 11.2 Å². The minimum Gasteiger partial charge on any atom is -0.399 e. The van der Waals surface area contributed by atoms with Crippen molar-refractivity contribution in [3.05, 3.63) is 78.6 Å². The summed E-state index contributed by atoms with van der Waals surface area (Å²) in [4.78, 5) is 9.54. The molecule has 0 aliphatic carbocycles. The van der Waals surface area contributed by atoms with Gasteiger partial charge in [-0.3, -0.25) is 9.97 Å². The van der Waals surface area contributed by atoms with Crippen molar-refractivity contribution in [2.24, 2.45) is 0 Å². The van der Waals surface area contributed by atoms with E-state index in [-0.39, 0.29) is 7.12 Å². The number of rotatable bonds is 3. The Labute approximate surface area is 171 Å². The molecule has 0 radical (unpaired) electrons. The monoisotopic (exact) mass is 382 g/mol. The first-order valence-electron chi connectivity index (χ1n) is 9.99. The predicted octanol–water partition coefficient (Wildman–Crippen LogP) is 4.31. The van der Waals surface area contributed by atoms with Crippen molar-refractivity contribution < 1.29 is 9.31 Å². The van der Waals surface area contributed by atoms with Gasteiger partial charge in [-0.05, 0) is 38.4 Å². The van der Waals surface area contributed by atoms with Crippen LogP contribution in [-0.2, 0) is 15.7 Å². The fraction of sp³-hybridized carbons (Fsp3) is 0.250. The molecule has 1 fully saturated rings. The molecule has 0 bridgehead atoms. The molecule has 1 unspecified atom stereocenters. The van der Waals surface area contributed by atoms with Crippen LogP contribution < -0.4 is 5.46 Å². The van der Waals surface area contributed by atoms with Crippen molar-refractivity contribution in [1.82, 2.24) is 9.97 Å². The number of fused-ring (bicyclic) bond motifs is 3. The summed E-state index contributed by atoms with van der Waals surface area (Å²) >= 11 is 0. The second kappa shape index (κ2) is 6.65. The summed E-state index contributed by atoms with van der Waals surface area (Å²) in [6.45, 7) is 6.30. The molecule has 1 aliphatic heterocycles. The maximum absolute atomic E-state index is 6.48. The van der Waals surface area contributed by atoms with Gasteiger partial charge in [-0.15, -0.1) is 0 Å². The van der Waals surface area contributed by atoms with Crippen molar-refractivity contribution >= 4 is 34.4 Å². The third-order valence-corrected chi connectivity index (χ3v) is 6.12. The van der Waals surface area contributed by atoms with E-state index in [1.165, 1.54) is 0 Å². The summed E-state index contributed by atoms with van der Waals surface area (Å²) in [5.41, 5.74) is 2.91. The lowest BCUT2D eigenvalue weighted by atomic mass is 9.79. The van der Waals surface area contributed by atoms with Gasteiger partial charge in [0, 0.05) is 29.1 Å². The Morgan fingerprint density at radius 1 is 0.793 bits per heavy atom. The van der Waals surface area contributed by atoms with Crippen molar-refractivity contribution in [2.45, 2.75) is 38.4 Å². The normalized spacial score (nSPS) is 21.1. The molecule has 0 amide bonds. The van der Waals surface area contributed by atoms with E-state index in [0.717, 1.165) is 33.0 Å². The molecule has 0 saturated carbocycles. The lowest BCUT2D eigenvalue weighted by Crippen LogP contribution is -2.46. The Hall–Kier alpha value is -2.76. The van der Waals surface area contributed by atoms with Gasteiger partial charge in [0.2, 0.25) is 0 Å². The number of benzene rings is 2. The van der Waals surface area contributed by atoms with Crippen LogP contribution in [0.15, 0.2) is 72.9 Å². The predicted molar refractivity (Wildman–Crippen MR) is 117 cm³/mol. The summed E-state index contributed by atoms with van der Waals surface area (Å²) in [6.07, 6.45) is 2.47. The van der Waals surface area contributed by atoms with Gasteiger partial charge in [-0.25, -0.2) is 0 Å². The van der Waals surface area contributed by atoms with Crippen LogP contribution in [0.1, 0.15) is 26.5 Å². The van der Waals surface area contributed by atoms with Crippen LogP contribution in [0.25, 0.3) is 21.8 Å². The zero-order chi connectivity index (χ0) is 20.1. The van der Waals surface area contributed by atoms with Crippen molar-refractivity contribution in [3.8, 4) is 0 Å². The number of nitrogens with zero attached hydrogens (tertiary/aromatic N) is 2. The van der Waals surface area contributed by atoms with E-state index in [2.05, 4.69) is 56.1 Å².